The monoisotopic (exact) mass is 233 g/mol. The van der Waals surface area contributed by atoms with Gasteiger partial charge in [0, 0.05) is 19.3 Å². The van der Waals surface area contributed by atoms with Crippen LogP contribution in [0.5, 0.6) is 0 Å². The zero-order chi connectivity index (χ0) is 11.7. The van der Waals surface area contributed by atoms with Gasteiger partial charge in [-0.3, -0.25) is 4.68 Å². The van der Waals surface area contributed by atoms with Gasteiger partial charge in [0.15, 0.2) is 0 Å². The van der Waals surface area contributed by atoms with E-state index >= 15 is 0 Å². The van der Waals surface area contributed by atoms with Crippen LogP contribution in [0.2, 0.25) is 0 Å². The average Bonchev–Trinajstić information content (AvgIpc) is 2.93. The van der Waals surface area contributed by atoms with Gasteiger partial charge in [-0.15, -0.1) is 0 Å². The third-order valence-electron chi connectivity index (χ3n) is 4.79. The number of anilines is 1. The van der Waals surface area contributed by atoms with Crippen LogP contribution in [0, 0.1) is 5.41 Å². The third-order valence-corrected chi connectivity index (χ3v) is 4.79. The lowest BCUT2D eigenvalue weighted by Gasteiger charge is -2.37. The molecule has 0 unspecified atom stereocenters. The summed E-state index contributed by atoms with van der Waals surface area (Å²) in [5.74, 6) is 0. The van der Waals surface area contributed by atoms with Gasteiger partial charge in [-0.2, -0.15) is 5.10 Å². The largest absolute Gasteiger partial charge is 0.380 e. The van der Waals surface area contributed by atoms with Crippen molar-refractivity contribution in [2.75, 3.05) is 5.32 Å². The summed E-state index contributed by atoms with van der Waals surface area (Å²) in [5.41, 5.74) is 1.92. The van der Waals surface area contributed by atoms with Crippen molar-refractivity contribution < 1.29 is 0 Å². The molecule has 2 fully saturated rings. The van der Waals surface area contributed by atoms with Crippen LogP contribution >= 0.6 is 0 Å². The molecule has 1 heterocycles. The van der Waals surface area contributed by atoms with E-state index < -0.39 is 0 Å². The normalized spacial score (nSPS) is 24.3. The van der Waals surface area contributed by atoms with Crippen LogP contribution in [0.25, 0.3) is 0 Å². The van der Waals surface area contributed by atoms with Gasteiger partial charge in [0.1, 0.15) is 0 Å². The minimum atomic E-state index is 0.672. The summed E-state index contributed by atoms with van der Waals surface area (Å²) in [7, 11) is 1.97. The topological polar surface area (TPSA) is 29.9 Å². The molecule has 2 aliphatic carbocycles. The molecule has 3 heteroatoms. The van der Waals surface area contributed by atoms with Gasteiger partial charge in [0.05, 0.1) is 11.9 Å². The molecule has 0 aliphatic heterocycles. The molecule has 1 N–H and O–H groups in total. The second kappa shape index (κ2) is 4.35. The maximum Gasteiger partial charge on any atom is 0.0728 e. The van der Waals surface area contributed by atoms with Gasteiger partial charge in [0.2, 0.25) is 0 Å². The number of nitrogens with one attached hydrogen (secondary N) is 1. The second-order valence-electron chi connectivity index (χ2n) is 6.03. The number of nitrogens with zero attached hydrogens (tertiary/aromatic N) is 2. The van der Waals surface area contributed by atoms with Crippen molar-refractivity contribution in [3.8, 4) is 0 Å². The molecular formula is C14H23N3. The van der Waals surface area contributed by atoms with E-state index in [-0.39, 0.29) is 0 Å². The molecule has 0 aromatic carbocycles. The van der Waals surface area contributed by atoms with Crippen LogP contribution in [0.15, 0.2) is 12.4 Å². The van der Waals surface area contributed by atoms with Crippen LogP contribution in [0.1, 0.15) is 51.4 Å². The molecule has 0 bridgehead atoms. The van der Waals surface area contributed by atoms with Crippen molar-refractivity contribution in [1.29, 1.82) is 0 Å². The van der Waals surface area contributed by atoms with Gasteiger partial charge < -0.3 is 5.32 Å². The number of hydrogen-bond acceptors (Lipinski definition) is 2. The molecule has 0 atom stereocenters. The summed E-state index contributed by atoms with van der Waals surface area (Å²) < 4.78 is 1.86. The van der Waals surface area contributed by atoms with Gasteiger partial charge in [-0.1, -0.05) is 12.8 Å². The Hall–Kier alpha value is -0.990. The molecular weight excluding hydrogens is 210 g/mol. The molecule has 0 saturated heterocycles. The van der Waals surface area contributed by atoms with E-state index in [0.29, 0.717) is 6.04 Å². The van der Waals surface area contributed by atoms with Crippen molar-refractivity contribution in [2.24, 2.45) is 12.5 Å². The van der Waals surface area contributed by atoms with Gasteiger partial charge in [-0.05, 0) is 43.9 Å². The predicted octanol–water partition coefficient (Wildman–Crippen LogP) is 3.34. The minimum absolute atomic E-state index is 0.672. The zero-order valence-corrected chi connectivity index (χ0v) is 10.8. The van der Waals surface area contributed by atoms with Crippen LogP contribution in [0.3, 0.4) is 0 Å². The van der Waals surface area contributed by atoms with Crippen LogP contribution in [0.4, 0.5) is 5.69 Å². The molecule has 3 nitrogen and oxygen atoms in total. The molecule has 94 valence electrons. The first-order chi connectivity index (χ1) is 8.26. The molecule has 1 aromatic rings. The van der Waals surface area contributed by atoms with E-state index in [1.54, 1.807) is 0 Å². The summed E-state index contributed by atoms with van der Waals surface area (Å²) in [6, 6.07) is 0.672. The summed E-state index contributed by atoms with van der Waals surface area (Å²) in [6.45, 7) is 0. The first-order valence-corrected chi connectivity index (χ1v) is 7.01. The first-order valence-electron chi connectivity index (χ1n) is 7.01. The molecule has 1 aromatic heterocycles. The van der Waals surface area contributed by atoms with E-state index in [1.165, 1.54) is 57.1 Å². The lowest BCUT2D eigenvalue weighted by atomic mass is 9.71. The Balaban J connectivity index is 1.54. The number of rotatable bonds is 2. The van der Waals surface area contributed by atoms with Crippen molar-refractivity contribution in [1.82, 2.24) is 9.78 Å². The van der Waals surface area contributed by atoms with E-state index in [0.717, 1.165) is 5.41 Å². The lowest BCUT2D eigenvalue weighted by molar-refractivity contribution is 0.188. The minimum Gasteiger partial charge on any atom is -0.380 e. The summed E-state index contributed by atoms with van der Waals surface area (Å²) in [5, 5.41) is 7.83. The molecule has 1 spiro atoms. The van der Waals surface area contributed by atoms with Crippen molar-refractivity contribution in [3.63, 3.8) is 0 Å². The number of aryl methyl sites for hydroxylation is 1. The Kier molecular flexibility index (Phi) is 2.85. The van der Waals surface area contributed by atoms with E-state index in [9.17, 15) is 0 Å². The quantitative estimate of drug-likeness (QED) is 0.849. The highest BCUT2D eigenvalue weighted by Gasteiger charge is 2.37. The smallest absolute Gasteiger partial charge is 0.0728 e. The highest BCUT2D eigenvalue weighted by atomic mass is 15.3. The lowest BCUT2D eigenvalue weighted by Crippen LogP contribution is -2.31. The fourth-order valence-corrected chi connectivity index (χ4v) is 3.73. The van der Waals surface area contributed by atoms with E-state index in [4.69, 9.17) is 0 Å². The van der Waals surface area contributed by atoms with Gasteiger partial charge >= 0.3 is 0 Å². The van der Waals surface area contributed by atoms with Crippen molar-refractivity contribution in [2.45, 2.75) is 57.4 Å². The molecule has 2 aliphatic rings. The third kappa shape index (κ3) is 2.33. The maximum atomic E-state index is 4.21. The maximum absolute atomic E-state index is 4.21. The zero-order valence-electron chi connectivity index (χ0n) is 10.8. The van der Waals surface area contributed by atoms with Crippen molar-refractivity contribution >= 4 is 5.69 Å². The Morgan fingerprint density at radius 2 is 1.94 bits per heavy atom. The van der Waals surface area contributed by atoms with E-state index in [1.807, 2.05) is 17.9 Å². The number of hydrogen-bond donors (Lipinski definition) is 1. The van der Waals surface area contributed by atoms with E-state index in [2.05, 4.69) is 16.6 Å². The molecule has 3 rings (SSSR count). The Bertz CT molecular complexity index is 367. The number of aromatic nitrogens is 2. The summed E-state index contributed by atoms with van der Waals surface area (Å²) >= 11 is 0. The SMILES string of the molecule is Cn1cc(NC2CCC3(CCCC3)CC2)cn1. The van der Waals surface area contributed by atoms with Gasteiger partial charge in [-0.25, -0.2) is 0 Å². The predicted molar refractivity (Wildman–Crippen MR) is 70.0 cm³/mol. The summed E-state index contributed by atoms with van der Waals surface area (Å²) in [6.07, 6.45) is 15.5. The highest BCUT2D eigenvalue weighted by Crippen LogP contribution is 2.49. The Labute approximate surface area is 104 Å². The first kappa shape index (κ1) is 11.1. The van der Waals surface area contributed by atoms with Crippen molar-refractivity contribution in [3.05, 3.63) is 12.4 Å². The van der Waals surface area contributed by atoms with Crippen LogP contribution < -0.4 is 5.32 Å². The molecule has 17 heavy (non-hydrogen) atoms. The average molecular weight is 233 g/mol. The standard InChI is InChI=1S/C14H23N3/c1-17-11-13(10-15-17)16-12-4-8-14(9-5-12)6-2-3-7-14/h10-12,16H,2-9H2,1H3. The molecule has 0 radical (unpaired) electrons. The van der Waals surface area contributed by atoms with Gasteiger partial charge in [0.25, 0.3) is 0 Å². The second-order valence-corrected chi connectivity index (χ2v) is 6.03. The fraction of sp³-hybridized carbons (Fsp3) is 0.786. The molecule has 2 saturated carbocycles. The molecule has 0 amide bonds. The van der Waals surface area contributed by atoms with Crippen LogP contribution in [-0.2, 0) is 7.05 Å². The fourth-order valence-electron chi connectivity index (χ4n) is 3.73. The summed E-state index contributed by atoms with van der Waals surface area (Å²) in [4.78, 5) is 0. The van der Waals surface area contributed by atoms with Crippen LogP contribution in [-0.4, -0.2) is 15.8 Å². The highest BCUT2D eigenvalue weighted by molar-refractivity contribution is 5.39. The Morgan fingerprint density at radius 1 is 1.24 bits per heavy atom. The Morgan fingerprint density at radius 3 is 2.53 bits per heavy atom.